The maximum Gasteiger partial charge on any atom is 0.302 e. The summed E-state index contributed by atoms with van der Waals surface area (Å²) in [4.78, 5) is 16.8. The number of esters is 1. The van der Waals surface area contributed by atoms with Crippen LogP contribution in [-0.4, -0.2) is 106 Å². The van der Waals surface area contributed by atoms with Crippen molar-refractivity contribution in [3.8, 4) is 23.0 Å². The average Bonchev–Trinajstić information content (AvgIpc) is 3.17. The van der Waals surface area contributed by atoms with Crippen molar-refractivity contribution in [3.63, 3.8) is 0 Å². The number of ether oxygens (including phenoxy) is 5. The molecule has 2 aromatic carbocycles. The second kappa shape index (κ2) is 21.8. The Morgan fingerprint density at radius 3 is 1.53 bits per heavy atom. The highest BCUT2D eigenvalue weighted by molar-refractivity contribution is 6.40. The predicted octanol–water partition coefficient (Wildman–Crippen LogP) is 9.51. The van der Waals surface area contributed by atoms with Gasteiger partial charge in [0.05, 0.1) is 53.2 Å². The SMILES string of the molecule is COc1cc2c(cc1OC)[C@H]1C[C@@H](O)[C@H](CC(C)(C)CCF)CN1CC2.COc1cc2c(cc1OC)[C@H]1C[C@@H](OC(C)=O)[C@H](CC(C)(C)CCF)CN1CC2.ClCCl. The number of halogens is 4. The van der Waals surface area contributed by atoms with Crippen LogP contribution in [0.15, 0.2) is 24.3 Å². The Hall–Kier alpha value is -2.57. The largest absolute Gasteiger partial charge is 0.493 e. The van der Waals surface area contributed by atoms with Crippen LogP contribution in [0.2, 0.25) is 0 Å². The maximum absolute atomic E-state index is 13.0. The first-order valence-corrected chi connectivity index (χ1v) is 21.7. The number of hydrogen-bond donors (Lipinski definition) is 1. The lowest BCUT2D eigenvalue weighted by Gasteiger charge is -2.48. The molecular formula is C45H68Cl2F2N2O7. The highest BCUT2D eigenvalue weighted by atomic mass is 35.5. The lowest BCUT2D eigenvalue weighted by Crippen LogP contribution is -2.50. The Labute approximate surface area is 356 Å². The van der Waals surface area contributed by atoms with E-state index in [1.807, 2.05) is 0 Å². The Bertz CT molecular complexity index is 1630. The van der Waals surface area contributed by atoms with Gasteiger partial charge in [-0.05, 0) is 108 Å². The number of fused-ring (bicyclic) bond motifs is 6. The van der Waals surface area contributed by atoms with Crippen molar-refractivity contribution >= 4 is 29.2 Å². The second-order valence-electron chi connectivity index (χ2n) is 17.8. The zero-order valence-electron chi connectivity index (χ0n) is 36.2. The van der Waals surface area contributed by atoms with Gasteiger partial charge < -0.3 is 28.8 Å². The minimum absolute atomic E-state index is 0.0719. The third-order valence-electron chi connectivity index (χ3n) is 12.6. The third kappa shape index (κ3) is 12.3. The number of aliphatic hydroxyl groups is 1. The number of carbonyl (C=O) groups excluding carboxylic acids is 1. The fourth-order valence-electron chi connectivity index (χ4n) is 9.71. The van der Waals surface area contributed by atoms with Crippen LogP contribution in [0.25, 0.3) is 0 Å². The minimum atomic E-state index is -0.353. The predicted molar refractivity (Wildman–Crippen MR) is 227 cm³/mol. The molecule has 4 heterocycles. The highest BCUT2D eigenvalue weighted by Crippen LogP contribution is 2.47. The first-order valence-electron chi connectivity index (χ1n) is 20.6. The van der Waals surface area contributed by atoms with E-state index in [1.54, 1.807) is 28.4 Å². The van der Waals surface area contributed by atoms with Gasteiger partial charge in [-0.15, -0.1) is 23.2 Å². The molecule has 4 aliphatic heterocycles. The van der Waals surface area contributed by atoms with Gasteiger partial charge in [0.25, 0.3) is 0 Å². The molecule has 0 bridgehead atoms. The molecule has 1 N–H and O–H groups in total. The van der Waals surface area contributed by atoms with Gasteiger partial charge >= 0.3 is 5.97 Å². The van der Waals surface area contributed by atoms with Crippen molar-refractivity contribution in [2.45, 2.75) is 110 Å². The van der Waals surface area contributed by atoms with Gasteiger partial charge in [0.2, 0.25) is 0 Å². The molecule has 0 radical (unpaired) electrons. The normalized spacial score (nSPS) is 24.2. The first-order chi connectivity index (χ1) is 27.6. The summed E-state index contributed by atoms with van der Waals surface area (Å²) in [5.74, 6) is 3.14. The van der Waals surface area contributed by atoms with Crippen molar-refractivity contribution in [1.29, 1.82) is 0 Å². The molecule has 0 spiro atoms. The van der Waals surface area contributed by atoms with Crippen LogP contribution in [0.3, 0.4) is 0 Å². The summed E-state index contributed by atoms with van der Waals surface area (Å²) < 4.78 is 53.5. The fourth-order valence-corrected chi connectivity index (χ4v) is 9.71. The maximum atomic E-state index is 13.0. The lowest BCUT2D eigenvalue weighted by molar-refractivity contribution is -0.155. The molecule has 6 atom stereocenters. The molecule has 0 unspecified atom stereocenters. The van der Waals surface area contributed by atoms with E-state index in [9.17, 15) is 18.7 Å². The molecule has 2 saturated heterocycles. The highest BCUT2D eigenvalue weighted by Gasteiger charge is 2.43. The topological polar surface area (TPSA) is 89.9 Å². The standard InChI is InChI=1S/C23H34FNO4.C21H32FNO3.CH2Cl2/c1-15(26)29-20-12-19-18-11-22(28-5)21(27-4)10-16(18)6-9-25(19)14-17(20)13-23(2,3)7-8-24;1-21(2,6-7-22)12-15-13-23-8-5-14-9-19(25-3)20(26-4)10-16(14)17(23)11-18(15)24;2-1-3/h10-11,17,19-20H,6-9,12-14H2,1-5H3;9-10,15,17-18,24H,5-8,11-13H2,1-4H3;1H2/t17-,19-,20-;15-,17-,18-;/m11./s1. The molecule has 9 nitrogen and oxygen atoms in total. The van der Waals surface area contributed by atoms with E-state index in [4.69, 9.17) is 46.9 Å². The van der Waals surface area contributed by atoms with Crippen LogP contribution in [-0.2, 0) is 22.4 Å². The molecule has 2 aromatic rings. The first kappa shape index (κ1) is 48.1. The zero-order valence-corrected chi connectivity index (χ0v) is 37.7. The summed E-state index contributed by atoms with van der Waals surface area (Å²) in [6.45, 7) is 12.9. The summed E-state index contributed by atoms with van der Waals surface area (Å²) in [5.41, 5.74) is 4.84. The van der Waals surface area contributed by atoms with Crippen LogP contribution in [0.1, 0.15) is 107 Å². The van der Waals surface area contributed by atoms with E-state index >= 15 is 0 Å². The molecule has 13 heteroatoms. The minimum Gasteiger partial charge on any atom is -0.493 e. The summed E-state index contributed by atoms with van der Waals surface area (Å²) in [6.07, 6.45) is 5.67. The van der Waals surface area contributed by atoms with Gasteiger partial charge in [0, 0.05) is 57.5 Å². The summed E-state index contributed by atoms with van der Waals surface area (Å²) in [5, 5.41) is 11.0. The number of rotatable bonds is 13. The smallest absolute Gasteiger partial charge is 0.302 e. The van der Waals surface area contributed by atoms with Crippen molar-refractivity contribution in [2.75, 3.05) is 73.3 Å². The van der Waals surface area contributed by atoms with Gasteiger partial charge in [0.1, 0.15) is 6.10 Å². The van der Waals surface area contributed by atoms with E-state index in [0.717, 1.165) is 87.7 Å². The van der Waals surface area contributed by atoms with Gasteiger partial charge in [-0.1, -0.05) is 27.7 Å². The number of carbonyl (C=O) groups is 1. The molecule has 0 amide bonds. The Kier molecular flexibility index (Phi) is 18.1. The van der Waals surface area contributed by atoms with Crippen LogP contribution < -0.4 is 18.9 Å². The quantitative estimate of drug-likeness (QED) is 0.156. The second-order valence-corrected chi connectivity index (χ2v) is 18.6. The number of nitrogens with zero attached hydrogens (tertiary/aromatic N) is 2. The fraction of sp³-hybridized carbons (Fsp3) is 0.711. The number of aliphatic hydroxyl groups excluding tert-OH is 1. The average molecular weight is 858 g/mol. The number of benzene rings is 2. The van der Waals surface area contributed by atoms with E-state index in [-0.39, 0.29) is 71.6 Å². The van der Waals surface area contributed by atoms with E-state index < -0.39 is 0 Å². The lowest BCUT2D eigenvalue weighted by atomic mass is 9.73. The number of piperidine rings is 2. The van der Waals surface area contributed by atoms with Crippen LogP contribution in [0.4, 0.5) is 8.78 Å². The molecule has 4 aliphatic rings. The Morgan fingerprint density at radius 1 is 0.724 bits per heavy atom. The molecule has 0 aromatic heterocycles. The summed E-state index contributed by atoms with van der Waals surface area (Å²) in [6, 6.07) is 8.70. The van der Waals surface area contributed by atoms with Crippen molar-refractivity contribution in [3.05, 3.63) is 46.5 Å². The number of hydrogen-bond acceptors (Lipinski definition) is 9. The third-order valence-corrected chi connectivity index (χ3v) is 12.6. The van der Waals surface area contributed by atoms with Gasteiger partial charge in [0.15, 0.2) is 23.0 Å². The molecule has 6 rings (SSSR count). The van der Waals surface area contributed by atoms with E-state index in [2.05, 4.69) is 61.8 Å². The summed E-state index contributed by atoms with van der Waals surface area (Å²) in [7, 11) is 6.62. The monoisotopic (exact) mass is 856 g/mol. The summed E-state index contributed by atoms with van der Waals surface area (Å²) >= 11 is 9.53. The Balaban J connectivity index is 0.000000242. The van der Waals surface area contributed by atoms with Gasteiger partial charge in [-0.3, -0.25) is 23.4 Å². The van der Waals surface area contributed by atoms with Crippen LogP contribution in [0.5, 0.6) is 23.0 Å². The number of methoxy groups -OCH3 is 4. The molecular weight excluding hydrogens is 789 g/mol. The van der Waals surface area contributed by atoms with E-state index in [1.165, 1.54) is 29.2 Å². The van der Waals surface area contributed by atoms with Gasteiger partial charge in [-0.25, -0.2) is 0 Å². The van der Waals surface area contributed by atoms with E-state index in [0.29, 0.717) is 12.8 Å². The molecule has 58 heavy (non-hydrogen) atoms. The molecule has 0 saturated carbocycles. The molecule has 0 aliphatic carbocycles. The van der Waals surface area contributed by atoms with Crippen molar-refractivity contribution in [1.82, 2.24) is 9.80 Å². The zero-order chi connectivity index (χ0) is 42.8. The van der Waals surface area contributed by atoms with Crippen LogP contribution in [0, 0.1) is 22.7 Å². The number of alkyl halides is 4. The van der Waals surface area contributed by atoms with Crippen LogP contribution >= 0.6 is 23.2 Å². The molecule has 328 valence electrons. The molecule has 2 fully saturated rings. The van der Waals surface area contributed by atoms with Gasteiger partial charge in [-0.2, -0.15) is 0 Å². The van der Waals surface area contributed by atoms with Crippen molar-refractivity contribution < 1.29 is 42.4 Å². The van der Waals surface area contributed by atoms with Crippen molar-refractivity contribution in [2.24, 2.45) is 22.7 Å². The Morgan fingerprint density at radius 2 is 1.12 bits per heavy atom.